The van der Waals surface area contributed by atoms with Crippen LogP contribution in [0.25, 0.3) is 10.9 Å². The van der Waals surface area contributed by atoms with Gasteiger partial charge in [0, 0.05) is 10.9 Å². The molecule has 102 valence electrons. The minimum absolute atomic E-state index is 0.168. The van der Waals surface area contributed by atoms with Crippen LogP contribution in [-0.2, 0) is 16.8 Å². The number of benzene rings is 1. The lowest BCUT2D eigenvalue weighted by Crippen LogP contribution is -2.35. The summed E-state index contributed by atoms with van der Waals surface area (Å²) in [6, 6.07) is 4.98. The SMILES string of the molecule is CCCC1(CC)OCCc2c1[nH]c1ccc(F)cc21. The summed E-state index contributed by atoms with van der Waals surface area (Å²) < 4.78 is 19.6. The summed E-state index contributed by atoms with van der Waals surface area (Å²) in [4.78, 5) is 3.48. The predicted molar refractivity (Wildman–Crippen MR) is 74.8 cm³/mol. The number of hydrogen-bond acceptors (Lipinski definition) is 1. The molecule has 0 amide bonds. The summed E-state index contributed by atoms with van der Waals surface area (Å²) in [6.07, 6.45) is 3.90. The Balaban J connectivity index is 2.22. The Hall–Kier alpha value is -1.35. The summed E-state index contributed by atoms with van der Waals surface area (Å²) in [6.45, 7) is 5.07. The Morgan fingerprint density at radius 1 is 1.37 bits per heavy atom. The average molecular weight is 261 g/mol. The van der Waals surface area contributed by atoms with E-state index < -0.39 is 0 Å². The third kappa shape index (κ3) is 1.88. The number of fused-ring (bicyclic) bond motifs is 3. The molecule has 2 nitrogen and oxygen atoms in total. The second-order valence-corrected chi connectivity index (χ2v) is 5.36. The highest BCUT2D eigenvalue weighted by molar-refractivity contribution is 5.85. The van der Waals surface area contributed by atoms with Crippen LogP contribution in [0.2, 0.25) is 0 Å². The molecule has 3 heteroatoms. The molecular formula is C16H20FNO. The molecular weight excluding hydrogens is 241 g/mol. The molecule has 0 radical (unpaired) electrons. The van der Waals surface area contributed by atoms with Gasteiger partial charge in [0.2, 0.25) is 0 Å². The average Bonchev–Trinajstić information content (AvgIpc) is 2.78. The van der Waals surface area contributed by atoms with Crippen molar-refractivity contribution in [3.8, 4) is 0 Å². The molecule has 1 aromatic carbocycles. The van der Waals surface area contributed by atoms with Gasteiger partial charge in [0.25, 0.3) is 0 Å². The third-order valence-corrected chi connectivity index (χ3v) is 4.28. The molecule has 1 unspecified atom stereocenters. The van der Waals surface area contributed by atoms with E-state index in [0.717, 1.165) is 43.2 Å². The molecule has 0 aliphatic carbocycles. The summed E-state index contributed by atoms with van der Waals surface area (Å²) in [5.41, 5.74) is 3.23. The zero-order valence-corrected chi connectivity index (χ0v) is 11.6. The van der Waals surface area contributed by atoms with Crippen molar-refractivity contribution in [3.05, 3.63) is 35.3 Å². The largest absolute Gasteiger partial charge is 0.368 e. The fraction of sp³-hybridized carbons (Fsp3) is 0.500. The second kappa shape index (κ2) is 4.64. The van der Waals surface area contributed by atoms with Gasteiger partial charge in [-0.05, 0) is 43.0 Å². The van der Waals surface area contributed by atoms with Gasteiger partial charge in [-0.15, -0.1) is 0 Å². The van der Waals surface area contributed by atoms with E-state index in [4.69, 9.17) is 4.74 Å². The summed E-state index contributed by atoms with van der Waals surface area (Å²) in [5.74, 6) is -0.168. The van der Waals surface area contributed by atoms with Gasteiger partial charge < -0.3 is 9.72 Å². The highest BCUT2D eigenvalue weighted by atomic mass is 19.1. The van der Waals surface area contributed by atoms with Gasteiger partial charge in [-0.1, -0.05) is 20.3 Å². The number of nitrogens with one attached hydrogen (secondary N) is 1. The summed E-state index contributed by atoms with van der Waals surface area (Å²) in [5, 5.41) is 1.02. The van der Waals surface area contributed by atoms with Crippen LogP contribution in [0.15, 0.2) is 18.2 Å². The van der Waals surface area contributed by atoms with E-state index >= 15 is 0 Å². The van der Waals surface area contributed by atoms with Crippen molar-refractivity contribution in [2.24, 2.45) is 0 Å². The van der Waals surface area contributed by atoms with Crippen LogP contribution in [0.4, 0.5) is 4.39 Å². The summed E-state index contributed by atoms with van der Waals surface area (Å²) >= 11 is 0. The first kappa shape index (κ1) is 12.7. The molecule has 2 aromatic rings. The van der Waals surface area contributed by atoms with E-state index in [0.29, 0.717) is 0 Å². The number of rotatable bonds is 3. The van der Waals surface area contributed by atoms with Gasteiger partial charge >= 0.3 is 0 Å². The number of halogens is 1. The van der Waals surface area contributed by atoms with Crippen LogP contribution in [0.3, 0.4) is 0 Å². The van der Waals surface area contributed by atoms with E-state index in [1.165, 1.54) is 17.3 Å². The van der Waals surface area contributed by atoms with Crippen molar-refractivity contribution in [3.63, 3.8) is 0 Å². The Morgan fingerprint density at radius 2 is 2.21 bits per heavy atom. The van der Waals surface area contributed by atoms with Gasteiger partial charge in [-0.25, -0.2) is 4.39 Å². The fourth-order valence-corrected chi connectivity index (χ4v) is 3.35. The molecule has 1 aromatic heterocycles. The lowest BCUT2D eigenvalue weighted by Gasteiger charge is -2.36. The van der Waals surface area contributed by atoms with Gasteiger partial charge in [0.1, 0.15) is 11.4 Å². The minimum Gasteiger partial charge on any atom is -0.368 e. The van der Waals surface area contributed by atoms with Gasteiger partial charge in [-0.2, -0.15) is 0 Å². The van der Waals surface area contributed by atoms with Crippen molar-refractivity contribution >= 4 is 10.9 Å². The van der Waals surface area contributed by atoms with Crippen LogP contribution in [0.1, 0.15) is 44.4 Å². The van der Waals surface area contributed by atoms with Crippen molar-refractivity contribution in [2.45, 2.75) is 45.1 Å². The second-order valence-electron chi connectivity index (χ2n) is 5.36. The number of aromatic nitrogens is 1. The predicted octanol–water partition coefficient (Wildman–Crippen LogP) is 4.29. The molecule has 19 heavy (non-hydrogen) atoms. The standard InChI is InChI=1S/C16H20FNO/c1-3-8-16(4-2)15-12(7-9-19-16)13-10-11(17)5-6-14(13)18-15/h5-6,10,18H,3-4,7-9H2,1-2H3. The van der Waals surface area contributed by atoms with Crippen LogP contribution in [0.5, 0.6) is 0 Å². The maximum atomic E-state index is 13.5. The Morgan fingerprint density at radius 3 is 2.95 bits per heavy atom. The number of ether oxygens (including phenoxy) is 1. The normalized spacial score (nSPS) is 22.7. The van der Waals surface area contributed by atoms with Crippen molar-refractivity contribution in [2.75, 3.05) is 6.61 Å². The number of H-pyrrole nitrogens is 1. The molecule has 1 aliphatic heterocycles. The van der Waals surface area contributed by atoms with E-state index in [1.807, 2.05) is 6.07 Å². The fourth-order valence-electron chi connectivity index (χ4n) is 3.35. The van der Waals surface area contributed by atoms with Crippen LogP contribution < -0.4 is 0 Å². The van der Waals surface area contributed by atoms with Crippen LogP contribution in [0, 0.1) is 5.82 Å². The molecule has 1 atom stereocenters. The number of hydrogen-bond donors (Lipinski definition) is 1. The molecule has 1 aliphatic rings. The number of aromatic amines is 1. The van der Waals surface area contributed by atoms with Gasteiger partial charge in [0.05, 0.1) is 12.3 Å². The first-order valence-electron chi connectivity index (χ1n) is 7.14. The zero-order chi connectivity index (χ0) is 13.5. The van der Waals surface area contributed by atoms with Gasteiger partial charge in [0.15, 0.2) is 0 Å². The molecule has 0 saturated heterocycles. The van der Waals surface area contributed by atoms with Crippen molar-refractivity contribution in [1.82, 2.24) is 4.98 Å². The highest BCUT2D eigenvalue weighted by Crippen LogP contribution is 2.42. The molecule has 0 fully saturated rings. The Kier molecular flexibility index (Phi) is 3.09. The topological polar surface area (TPSA) is 25.0 Å². The smallest absolute Gasteiger partial charge is 0.123 e. The first-order chi connectivity index (χ1) is 9.20. The monoisotopic (exact) mass is 261 g/mol. The lowest BCUT2D eigenvalue weighted by molar-refractivity contribution is -0.0723. The maximum absolute atomic E-state index is 13.5. The van der Waals surface area contributed by atoms with E-state index in [2.05, 4.69) is 18.8 Å². The van der Waals surface area contributed by atoms with E-state index in [-0.39, 0.29) is 11.4 Å². The minimum atomic E-state index is -0.210. The van der Waals surface area contributed by atoms with Crippen molar-refractivity contribution < 1.29 is 9.13 Å². The first-order valence-corrected chi connectivity index (χ1v) is 7.14. The van der Waals surface area contributed by atoms with E-state index in [1.54, 1.807) is 6.07 Å². The quantitative estimate of drug-likeness (QED) is 0.876. The van der Waals surface area contributed by atoms with Crippen LogP contribution >= 0.6 is 0 Å². The summed E-state index contributed by atoms with van der Waals surface area (Å²) in [7, 11) is 0. The molecule has 3 rings (SSSR count). The highest BCUT2D eigenvalue weighted by Gasteiger charge is 2.37. The third-order valence-electron chi connectivity index (χ3n) is 4.28. The maximum Gasteiger partial charge on any atom is 0.123 e. The Labute approximate surface area is 113 Å². The van der Waals surface area contributed by atoms with Crippen LogP contribution in [-0.4, -0.2) is 11.6 Å². The lowest BCUT2D eigenvalue weighted by atomic mass is 9.85. The molecule has 2 heterocycles. The molecule has 0 bridgehead atoms. The molecule has 0 spiro atoms. The molecule has 1 N–H and O–H groups in total. The van der Waals surface area contributed by atoms with Gasteiger partial charge in [-0.3, -0.25) is 0 Å². The van der Waals surface area contributed by atoms with E-state index in [9.17, 15) is 4.39 Å². The van der Waals surface area contributed by atoms with Crippen molar-refractivity contribution in [1.29, 1.82) is 0 Å². The molecule has 0 saturated carbocycles. The Bertz CT molecular complexity index is 604. The zero-order valence-electron chi connectivity index (χ0n) is 11.6.